The lowest BCUT2D eigenvalue weighted by atomic mass is 9.98. The van der Waals surface area contributed by atoms with Gasteiger partial charge in [-0.05, 0) is 42.0 Å². The monoisotopic (exact) mass is 387 g/mol. The van der Waals surface area contributed by atoms with E-state index in [0.717, 1.165) is 5.56 Å². The SMILES string of the molecule is O=C1c2oc3ccccc3c(=O)c2C(c2ccc(Cl)cc2)N1c1ccccc1. The summed E-state index contributed by atoms with van der Waals surface area (Å²) >= 11 is 6.05. The van der Waals surface area contributed by atoms with Gasteiger partial charge in [-0.2, -0.15) is 0 Å². The van der Waals surface area contributed by atoms with Crippen LogP contribution in [-0.4, -0.2) is 5.91 Å². The standard InChI is InChI=1S/C23H14ClNO3/c24-15-12-10-14(11-13-15)20-19-21(26)17-8-4-5-9-18(17)28-22(19)23(27)25(20)16-6-2-1-3-7-16/h1-13,20H. The number of anilines is 1. The van der Waals surface area contributed by atoms with Gasteiger partial charge in [-0.1, -0.05) is 54.1 Å². The third-order valence-electron chi connectivity index (χ3n) is 5.00. The molecular formula is C23H14ClNO3. The molecule has 5 rings (SSSR count). The van der Waals surface area contributed by atoms with Gasteiger partial charge in [0.05, 0.1) is 17.0 Å². The molecule has 3 aromatic carbocycles. The molecule has 1 amide bonds. The molecule has 4 aromatic rings. The van der Waals surface area contributed by atoms with Gasteiger partial charge in [0.25, 0.3) is 5.91 Å². The number of carbonyl (C=O) groups is 1. The lowest BCUT2D eigenvalue weighted by Gasteiger charge is -2.25. The van der Waals surface area contributed by atoms with Gasteiger partial charge in [-0.3, -0.25) is 14.5 Å². The number of rotatable bonds is 2. The average molecular weight is 388 g/mol. The summed E-state index contributed by atoms with van der Waals surface area (Å²) in [7, 11) is 0. The predicted octanol–water partition coefficient (Wildman–Crippen LogP) is 5.20. The van der Waals surface area contributed by atoms with E-state index < -0.39 is 6.04 Å². The van der Waals surface area contributed by atoms with Crippen LogP contribution in [0.25, 0.3) is 11.0 Å². The normalized spacial score (nSPS) is 15.8. The number of amides is 1. The van der Waals surface area contributed by atoms with E-state index in [2.05, 4.69) is 0 Å². The molecule has 1 aromatic heterocycles. The van der Waals surface area contributed by atoms with Gasteiger partial charge in [0.2, 0.25) is 5.76 Å². The van der Waals surface area contributed by atoms with E-state index in [9.17, 15) is 9.59 Å². The minimum atomic E-state index is -0.581. The highest BCUT2D eigenvalue weighted by Crippen LogP contribution is 2.41. The number of benzene rings is 3. The molecule has 0 saturated carbocycles. The van der Waals surface area contributed by atoms with Crippen LogP contribution in [0, 0.1) is 0 Å². The molecule has 1 unspecified atom stereocenters. The highest BCUT2D eigenvalue weighted by atomic mass is 35.5. The summed E-state index contributed by atoms with van der Waals surface area (Å²) < 4.78 is 5.91. The van der Waals surface area contributed by atoms with Crippen LogP contribution in [0.1, 0.15) is 27.7 Å². The Hall–Kier alpha value is -3.37. The Balaban J connectivity index is 1.83. The molecule has 1 atom stereocenters. The van der Waals surface area contributed by atoms with Crippen LogP contribution in [0.15, 0.2) is 88.1 Å². The summed E-state index contributed by atoms with van der Waals surface area (Å²) in [6.07, 6.45) is 0. The van der Waals surface area contributed by atoms with Gasteiger partial charge in [0, 0.05) is 10.7 Å². The van der Waals surface area contributed by atoms with Crippen molar-refractivity contribution >= 4 is 34.2 Å². The number of hydrogen-bond donors (Lipinski definition) is 0. The van der Waals surface area contributed by atoms with Crippen LogP contribution in [0.4, 0.5) is 5.69 Å². The minimum absolute atomic E-state index is 0.0903. The molecular weight excluding hydrogens is 374 g/mol. The number of carbonyl (C=O) groups excluding carboxylic acids is 1. The average Bonchev–Trinajstić information content (AvgIpc) is 3.02. The number of fused-ring (bicyclic) bond motifs is 2. The summed E-state index contributed by atoms with van der Waals surface area (Å²) in [5.41, 5.74) is 2.06. The van der Waals surface area contributed by atoms with E-state index in [1.807, 2.05) is 42.5 Å². The number of para-hydroxylation sites is 2. The molecule has 0 N–H and O–H groups in total. The van der Waals surface area contributed by atoms with E-state index in [0.29, 0.717) is 27.2 Å². The second kappa shape index (κ2) is 6.36. The molecule has 0 spiro atoms. The predicted molar refractivity (Wildman–Crippen MR) is 109 cm³/mol. The molecule has 2 heterocycles. The van der Waals surface area contributed by atoms with Gasteiger partial charge in [-0.25, -0.2) is 0 Å². The fourth-order valence-electron chi connectivity index (χ4n) is 3.74. The maximum atomic E-state index is 13.3. The van der Waals surface area contributed by atoms with Crippen molar-refractivity contribution in [1.82, 2.24) is 0 Å². The Morgan fingerprint density at radius 2 is 1.50 bits per heavy atom. The highest BCUT2D eigenvalue weighted by molar-refractivity contribution is 6.30. The van der Waals surface area contributed by atoms with Crippen molar-refractivity contribution < 1.29 is 9.21 Å². The number of nitrogens with zero attached hydrogens (tertiary/aromatic N) is 1. The lowest BCUT2D eigenvalue weighted by Crippen LogP contribution is -2.29. The van der Waals surface area contributed by atoms with E-state index in [1.165, 1.54) is 0 Å². The molecule has 136 valence electrons. The maximum absolute atomic E-state index is 13.3. The fraction of sp³-hybridized carbons (Fsp3) is 0.0435. The summed E-state index contributed by atoms with van der Waals surface area (Å²) in [5.74, 6) is -0.239. The van der Waals surface area contributed by atoms with Crippen molar-refractivity contribution in [2.75, 3.05) is 4.90 Å². The van der Waals surface area contributed by atoms with Crippen molar-refractivity contribution in [3.63, 3.8) is 0 Å². The zero-order chi connectivity index (χ0) is 19.3. The van der Waals surface area contributed by atoms with Gasteiger partial charge in [-0.15, -0.1) is 0 Å². The zero-order valence-corrected chi connectivity index (χ0v) is 15.4. The zero-order valence-electron chi connectivity index (χ0n) is 14.6. The Labute approximate surface area is 165 Å². The second-order valence-corrected chi connectivity index (χ2v) is 7.07. The van der Waals surface area contributed by atoms with E-state index in [1.54, 1.807) is 41.3 Å². The van der Waals surface area contributed by atoms with Gasteiger partial charge in [0.15, 0.2) is 5.43 Å². The Morgan fingerprint density at radius 1 is 0.821 bits per heavy atom. The first-order valence-electron chi connectivity index (χ1n) is 8.85. The van der Waals surface area contributed by atoms with Gasteiger partial charge >= 0.3 is 0 Å². The molecule has 1 aliphatic rings. The van der Waals surface area contributed by atoms with E-state index in [-0.39, 0.29) is 17.1 Å². The van der Waals surface area contributed by atoms with Crippen LogP contribution in [0.5, 0.6) is 0 Å². The van der Waals surface area contributed by atoms with Crippen molar-refractivity contribution in [2.24, 2.45) is 0 Å². The van der Waals surface area contributed by atoms with Crippen molar-refractivity contribution in [3.05, 3.63) is 111 Å². The first-order valence-corrected chi connectivity index (χ1v) is 9.23. The Morgan fingerprint density at radius 3 is 2.25 bits per heavy atom. The molecule has 0 aliphatic carbocycles. The van der Waals surface area contributed by atoms with E-state index >= 15 is 0 Å². The van der Waals surface area contributed by atoms with Crippen LogP contribution in [0.3, 0.4) is 0 Å². The van der Waals surface area contributed by atoms with Crippen LogP contribution in [-0.2, 0) is 0 Å². The van der Waals surface area contributed by atoms with Crippen molar-refractivity contribution in [2.45, 2.75) is 6.04 Å². The Bertz CT molecular complexity index is 1260. The third-order valence-corrected chi connectivity index (χ3v) is 5.25. The Kier molecular flexibility index (Phi) is 3.81. The fourth-order valence-corrected chi connectivity index (χ4v) is 3.86. The molecule has 0 fully saturated rings. The van der Waals surface area contributed by atoms with Crippen molar-refractivity contribution in [3.8, 4) is 0 Å². The molecule has 28 heavy (non-hydrogen) atoms. The van der Waals surface area contributed by atoms with Gasteiger partial charge < -0.3 is 4.42 Å². The smallest absolute Gasteiger partial charge is 0.295 e. The quantitative estimate of drug-likeness (QED) is 0.475. The first kappa shape index (κ1) is 16.8. The molecule has 4 nitrogen and oxygen atoms in total. The van der Waals surface area contributed by atoms with Crippen LogP contribution >= 0.6 is 11.6 Å². The summed E-state index contributed by atoms with van der Waals surface area (Å²) in [4.78, 5) is 28.2. The topological polar surface area (TPSA) is 50.5 Å². The summed E-state index contributed by atoms with van der Waals surface area (Å²) in [5, 5.41) is 1.05. The largest absolute Gasteiger partial charge is 0.450 e. The number of halogens is 1. The third kappa shape index (κ3) is 2.46. The van der Waals surface area contributed by atoms with E-state index in [4.69, 9.17) is 16.0 Å². The summed E-state index contributed by atoms with van der Waals surface area (Å²) in [6, 6.07) is 22.9. The maximum Gasteiger partial charge on any atom is 0.295 e. The molecule has 0 bridgehead atoms. The van der Waals surface area contributed by atoms with Crippen LogP contribution < -0.4 is 10.3 Å². The number of hydrogen-bond acceptors (Lipinski definition) is 3. The highest BCUT2D eigenvalue weighted by Gasteiger charge is 2.43. The van der Waals surface area contributed by atoms with Crippen molar-refractivity contribution in [1.29, 1.82) is 0 Å². The second-order valence-electron chi connectivity index (χ2n) is 6.63. The molecule has 0 radical (unpaired) electrons. The molecule has 0 saturated heterocycles. The summed E-state index contributed by atoms with van der Waals surface area (Å²) in [6.45, 7) is 0. The minimum Gasteiger partial charge on any atom is -0.450 e. The molecule has 5 heteroatoms. The van der Waals surface area contributed by atoms with Gasteiger partial charge in [0.1, 0.15) is 5.58 Å². The van der Waals surface area contributed by atoms with Crippen LogP contribution in [0.2, 0.25) is 5.02 Å². The first-order chi connectivity index (χ1) is 13.6. The lowest BCUT2D eigenvalue weighted by molar-refractivity contribution is 0.0971. The molecule has 1 aliphatic heterocycles.